The highest BCUT2D eigenvalue weighted by molar-refractivity contribution is 5.92. The van der Waals surface area contributed by atoms with E-state index in [0.29, 0.717) is 6.61 Å². The van der Waals surface area contributed by atoms with Crippen LogP contribution in [0.15, 0.2) is 24.3 Å². The van der Waals surface area contributed by atoms with E-state index in [2.05, 4.69) is 17.2 Å². The van der Waals surface area contributed by atoms with Crippen molar-refractivity contribution >= 4 is 11.6 Å². The molecule has 1 aromatic rings. The molecule has 0 aromatic heterocycles. The minimum atomic E-state index is -0.153. The third-order valence-corrected chi connectivity index (χ3v) is 3.00. The molecule has 2 rings (SSSR count). The van der Waals surface area contributed by atoms with Gasteiger partial charge in [0.05, 0.1) is 12.5 Å². The number of rotatable bonds is 2. The summed E-state index contributed by atoms with van der Waals surface area (Å²) in [7, 11) is 0. The molecule has 1 aliphatic heterocycles. The molecule has 1 atom stereocenters. The number of aliphatic hydroxyl groups is 1. The Bertz CT molecular complexity index is 478. The maximum atomic E-state index is 12.0. The molecular weight excluding hydrogens is 242 g/mol. The Morgan fingerprint density at radius 2 is 2.21 bits per heavy atom. The lowest BCUT2D eigenvalue weighted by Crippen LogP contribution is -2.30. The van der Waals surface area contributed by atoms with Crippen molar-refractivity contribution in [3.63, 3.8) is 0 Å². The van der Waals surface area contributed by atoms with Crippen LogP contribution in [0.4, 0.5) is 5.69 Å². The third-order valence-electron chi connectivity index (χ3n) is 3.00. The Morgan fingerprint density at radius 3 is 2.84 bits per heavy atom. The largest absolute Gasteiger partial charge is 0.384 e. The van der Waals surface area contributed by atoms with Crippen molar-refractivity contribution in [3.05, 3.63) is 29.8 Å². The van der Waals surface area contributed by atoms with Crippen LogP contribution < -0.4 is 5.32 Å². The Morgan fingerprint density at radius 1 is 1.42 bits per heavy atom. The van der Waals surface area contributed by atoms with Gasteiger partial charge in [0, 0.05) is 17.9 Å². The van der Waals surface area contributed by atoms with Crippen LogP contribution in [0.2, 0.25) is 0 Å². The zero-order chi connectivity index (χ0) is 13.5. The van der Waals surface area contributed by atoms with E-state index in [1.54, 1.807) is 0 Å². The maximum absolute atomic E-state index is 12.0. The number of carbonyl (C=O) groups excluding carboxylic acids is 1. The van der Waals surface area contributed by atoms with Crippen molar-refractivity contribution in [3.8, 4) is 11.8 Å². The first-order chi connectivity index (χ1) is 9.29. The normalized spacial score (nSPS) is 18.3. The molecule has 0 spiro atoms. The van der Waals surface area contributed by atoms with Gasteiger partial charge in [-0.1, -0.05) is 11.8 Å². The zero-order valence-electron chi connectivity index (χ0n) is 10.7. The molecule has 100 valence electrons. The van der Waals surface area contributed by atoms with Crippen LogP contribution in [-0.2, 0) is 9.53 Å². The van der Waals surface area contributed by atoms with Gasteiger partial charge < -0.3 is 15.2 Å². The number of anilines is 1. The summed E-state index contributed by atoms with van der Waals surface area (Å²) < 4.78 is 5.30. The number of benzene rings is 1. The van der Waals surface area contributed by atoms with Crippen LogP contribution in [0, 0.1) is 17.8 Å². The molecule has 19 heavy (non-hydrogen) atoms. The van der Waals surface area contributed by atoms with Gasteiger partial charge in [0.2, 0.25) is 5.91 Å². The van der Waals surface area contributed by atoms with Gasteiger partial charge in [-0.25, -0.2) is 0 Å². The van der Waals surface area contributed by atoms with Crippen molar-refractivity contribution < 1.29 is 14.6 Å². The number of ether oxygens (including phenoxy) is 1. The van der Waals surface area contributed by atoms with E-state index in [-0.39, 0.29) is 18.4 Å². The number of carbonyl (C=O) groups is 1. The average Bonchev–Trinajstić information content (AvgIpc) is 2.47. The summed E-state index contributed by atoms with van der Waals surface area (Å²) in [6.07, 6.45) is 1.82. The van der Waals surface area contributed by atoms with E-state index >= 15 is 0 Å². The first-order valence-corrected chi connectivity index (χ1v) is 6.38. The summed E-state index contributed by atoms with van der Waals surface area (Å²) in [5.74, 6) is 5.34. The summed E-state index contributed by atoms with van der Waals surface area (Å²) in [4.78, 5) is 12.0. The van der Waals surface area contributed by atoms with Crippen LogP contribution in [0.25, 0.3) is 0 Å². The fourth-order valence-corrected chi connectivity index (χ4v) is 1.97. The van der Waals surface area contributed by atoms with Crippen LogP contribution >= 0.6 is 0 Å². The lowest BCUT2D eigenvalue weighted by atomic mass is 10.0. The van der Waals surface area contributed by atoms with E-state index in [1.807, 2.05) is 24.3 Å². The molecule has 4 nitrogen and oxygen atoms in total. The highest BCUT2D eigenvalue weighted by Gasteiger charge is 2.21. The Balaban J connectivity index is 1.93. The second-order valence-electron chi connectivity index (χ2n) is 4.44. The van der Waals surface area contributed by atoms with Crippen molar-refractivity contribution in [2.45, 2.75) is 12.8 Å². The average molecular weight is 259 g/mol. The monoisotopic (exact) mass is 259 g/mol. The van der Waals surface area contributed by atoms with Gasteiger partial charge in [0.15, 0.2) is 0 Å². The highest BCUT2D eigenvalue weighted by atomic mass is 16.5. The van der Waals surface area contributed by atoms with Gasteiger partial charge in [0.25, 0.3) is 0 Å². The number of hydrogen-bond acceptors (Lipinski definition) is 3. The number of hydrogen-bond donors (Lipinski definition) is 2. The lowest BCUT2D eigenvalue weighted by Gasteiger charge is -2.21. The van der Waals surface area contributed by atoms with Crippen molar-refractivity contribution in [1.29, 1.82) is 0 Å². The molecule has 0 saturated carbocycles. The molecular formula is C15H17NO3. The SMILES string of the molecule is O=C(Nc1ccc(C#CCO)cc1)C1CCCOC1. The molecule has 4 heteroatoms. The van der Waals surface area contributed by atoms with E-state index in [9.17, 15) is 4.79 Å². The lowest BCUT2D eigenvalue weighted by molar-refractivity contribution is -0.123. The van der Waals surface area contributed by atoms with Crippen molar-refractivity contribution in [2.75, 3.05) is 25.1 Å². The number of aliphatic hydroxyl groups excluding tert-OH is 1. The van der Waals surface area contributed by atoms with Gasteiger partial charge in [-0.3, -0.25) is 4.79 Å². The van der Waals surface area contributed by atoms with E-state index in [0.717, 1.165) is 30.7 Å². The fourth-order valence-electron chi connectivity index (χ4n) is 1.97. The molecule has 1 unspecified atom stereocenters. The van der Waals surface area contributed by atoms with Crippen LogP contribution in [0.1, 0.15) is 18.4 Å². The third kappa shape index (κ3) is 4.09. The molecule has 1 saturated heterocycles. The summed E-state index contributed by atoms with van der Waals surface area (Å²) in [5, 5.41) is 11.5. The molecule has 1 heterocycles. The first kappa shape index (κ1) is 13.6. The molecule has 2 N–H and O–H groups in total. The summed E-state index contributed by atoms with van der Waals surface area (Å²) in [5.41, 5.74) is 1.57. The van der Waals surface area contributed by atoms with Crippen LogP contribution in [-0.4, -0.2) is 30.8 Å². The molecule has 1 fully saturated rings. The van der Waals surface area contributed by atoms with Gasteiger partial charge >= 0.3 is 0 Å². The van der Waals surface area contributed by atoms with E-state index in [4.69, 9.17) is 9.84 Å². The van der Waals surface area contributed by atoms with E-state index in [1.165, 1.54) is 0 Å². The van der Waals surface area contributed by atoms with Gasteiger partial charge in [-0.15, -0.1) is 0 Å². The van der Waals surface area contributed by atoms with Gasteiger partial charge in [-0.05, 0) is 37.1 Å². The topological polar surface area (TPSA) is 58.6 Å². The van der Waals surface area contributed by atoms with Crippen LogP contribution in [0.3, 0.4) is 0 Å². The Kier molecular flexibility index (Phi) is 4.96. The molecule has 1 aliphatic rings. The maximum Gasteiger partial charge on any atom is 0.229 e. The Labute approximate surface area is 112 Å². The summed E-state index contributed by atoms with van der Waals surface area (Å²) in [6, 6.07) is 7.25. The number of nitrogens with one attached hydrogen (secondary N) is 1. The van der Waals surface area contributed by atoms with Gasteiger partial charge in [0.1, 0.15) is 6.61 Å². The summed E-state index contributed by atoms with van der Waals surface area (Å²) in [6.45, 7) is 1.11. The van der Waals surface area contributed by atoms with Crippen molar-refractivity contribution in [2.24, 2.45) is 5.92 Å². The minimum absolute atomic E-state index is 0.00823. The predicted molar refractivity (Wildman–Crippen MR) is 72.6 cm³/mol. The fraction of sp³-hybridized carbons (Fsp3) is 0.400. The molecule has 0 bridgehead atoms. The molecule has 1 amide bonds. The molecule has 1 aromatic carbocycles. The standard InChI is InChI=1S/C15H17NO3/c17-9-1-3-12-5-7-14(8-6-12)16-15(18)13-4-2-10-19-11-13/h5-8,13,17H,2,4,9-11H2,(H,16,18). The minimum Gasteiger partial charge on any atom is -0.384 e. The molecule has 0 radical (unpaired) electrons. The second-order valence-corrected chi connectivity index (χ2v) is 4.44. The summed E-state index contributed by atoms with van der Waals surface area (Å²) >= 11 is 0. The smallest absolute Gasteiger partial charge is 0.229 e. The first-order valence-electron chi connectivity index (χ1n) is 6.38. The van der Waals surface area contributed by atoms with Crippen molar-refractivity contribution in [1.82, 2.24) is 0 Å². The number of amides is 1. The second kappa shape index (κ2) is 6.93. The Hall–Kier alpha value is -1.83. The van der Waals surface area contributed by atoms with Gasteiger partial charge in [-0.2, -0.15) is 0 Å². The molecule has 0 aliphatic carbocycles. The highest BCUT2D eigenvalue weighted by Crippen LogP contribution is 2.16. The zero-order valence-corrected chi connectivity index (χ0v) is 10.7. The van der Waals surface area contributed by atoms with E-state index < -0.39 is 0 Å². The predicted octanol–water partition coefficient (Wildman–Crippen LogP) is 1.40. The quantitative estimate of drug-likeness (QED) is 0.789. The van der Waals surface area contributed by atoms with Crippen LogP contribution in [0.5, 0.6) is 0 Å².